The van der Waals surface area contributed by atoms with Crippen LogP contribution in [-0.4, -0.2) is 77.8 Å². The number of nitrogens with two attached hydrogens (primary N) is 1. The molecule has 0 radical (unpaired) electrons. The lowest BCUT2D eigenvalue weighted by molar-refractivity contribution is -0.137. The zero-order chi connectivity index (χ0) is 33.1. The Morgan fingerprint density at radius 3 is 2.76 bits per heavy atom. The van der Waals surface area contributed by atoms with Crippen molar-refractivity contribution in [1.29, 1.82) is 5.26 Å². The molecule has 2 aromatic heterocycles. The molecule has 0 aliphatic carbocycles. The van der Waals surface area contributed by atoms with Gasteiger partial charge >= 0.3 is 12.2 Å². The molecule has 2 saturated heterocycles. The Morgan fingerprint density at radius 2 is 2.07 bits per heavy atom. The van der Waals surface area contributed by atoms with E-state index in [1.165, 1.54) is 7.05 Å². The van der Waals surface area contributed by atoms with Crippen molar-refractivity contribution < 1.29 is 40.6 Å². The lowest BCUT2D eigenvalue weighted by atomic mass is 9.92. The Kier molecular flexibility index (Phi) is 8.14. The number of hydrogen-bond acceptors (Lipinski definition) is 9. The molecule has 8 nitrogen and oxygen atoms in total. The van der Waals surface area contributed by atoms with E-state index in [0.717, 1.165) is 23.5 Å². The summed E-state index contributed by atoms with van der Waals surface area (Å²) in [6.45, 7) is -0.629. The molecule has 0 spiro atoms. The van der Waals surface area contributed by atoms with E-state index in [0.29, 0.717) is 30.4 Å². The summed E-state index contributed by atoms with van der Waals surface area (Å²) >= 11 is 0.642. The number of thiophene rings is 1. The predicted molar refractivity (Wildman–Crippen MR) is 158 cm³/mol. The molecule has 2 aliphatic heterocycles. The number of nitrogen functional groups attached to an aromatic ring is 1. The largest absolute Gasteiger partial charge is 0.461 e. The quantitative estimate of drug-likeness (QED) is 0.221. The van der Waals surface area contributed by atoms with Gasteiger partial charge in [0.2, 0.25) is 0 Å². The van der Waals surface area contributed by atoms with Gasteiger partial charge in [-0.2, -0.15) is 28.4 Å². The molecule has 46 heavy (non-hydrogen) atoms. The molecule has 16 heteroatoms. The van der Waals surface area contributed by atoms with Gasteiger partial charge in [-0.3, -0.25) is 4.90 Å². The highest BCUT2D eigenvalue weighted by atomic mass is 32.1. The number of aliphatic hydroxyl groups is 1. The smallest absolute Gasteiger partial charge is 0.417 e. The van der Waals surface area contributed by atoms with Crippen LogP contribution in [0.2, 0.25) is 0 Å². The molecular formula is C30H27F7N6O2S. The fraction of sp³-hybridized carbons (Fsp3) is 0.433. The second-order valence-corrected chi connectivity index (χ2v) is 12.7. The molecule has 0 amide bonds. The highest BCUT2D eigenvalue weighted by Crippen LogP contribution is 2.48. The fourth-order valence-electron chi connectivity index (χ4n) is 6.63. The standard InChI is InChI=1S/C30H27F7N6O2S/c1-42(10-15(32)12-44)27-17-7-19(30(35,36)37)22(16-3-4-20(33)25-21(16)18(9-38)26(39)46-25)23(34)24(17)40-28(41-27)45-13-29-5-2-6-43(29)11-14(31)8-29/h3-4,7,14-15,44H,2,5-6,8,10-13,39H2,1H3. The van der Waals surface area contributed by atoms with Crippen molar-refractivity contribution >= 4 is 43.1 Å². The first-order chi connectivity index (χ1) is 21.8. The van der Waals surface area contributed by atoms with Crippen molar-refractivity contribution in [1.82, 2.24) is 14.9 Å². The fourth-order valence-corrected chi connectivity index (χ4v) is 7.58. The number of ether oxygens (including phenoxy) is 1. The third kappa shape index (κ3) is 5.33. The van der Waals surface area contributed by atoms with Gasteiger partial charge in [-0.05, 0) is 37.1 Å². The van der Waals surface area contributed by atoms with Crippen LogP contribution in [-0.2, 0) is 6.18 Å². The summed E-state index contributed by atoms with van der Waals surface area (Å²) in [4.78, 5) is 11.4. The van der Waals surface area contributed by atoms with Crippen LogP contribution in [0.25, 0.3) is 32.1 Å². The molecule has 244 valence electrons. The van der Waals surface area contributed by atoms with E-state index in [2.05, 4.69) is 9.97 Å². The van der Waals surface area contributed by atoms with E-state index in [1.54, 1.807) is 6.07 Å². The van der Waals surface area contributed by atoms with Crippen molar-refractivity contribution in [2.75, 3.05) is 50.5 Å². The Morgan fingerprint density at radius 1 is 1.30 bits per heavy atom. The maximum atomic E-state index is 16.7. The minimum absolute atomic E-state index is 0.0855. The number of aromatic nitrogens is 2. The van der Waals surface area contributed by atoms with Gasteiger partial charge in [0.25, 0.3) is 0 Å². The Bertz CT molecular complexity index is 1880. The molecule has 4 aromatic rings. The van der Waals surface area contributed by atoms with Crippen LogP contribution in [0.3, 0.4) is 0 Å². The van der Waals surface area contributed by atoms with Crippen molar-refractivity contribution in [3.05, 3.63) is 41.0 Å². The van der Waals surface area contributed by atoms with Crippen LogP contribution in [0.4, 0.5) is 41.6 Å². The van der Waals surface area contributed by atoms with Gasteiger partial charge in [0.15, 0.2) is 5.82 Å². The number of aliphatic hydroxyl groups excluding tert-OH is 1. The summed E-state index contributed by atoms with van der Waals surface area (Å²) in [6.07, 6.45) is -6.48. The van der Waals surface area contributed by atoms with Gasteiger partial charge in [0.1, 0.15) is 47.2 Å². The predicted octanol–water partition coefficient (Wildman–Crippen LogP) is 5.98. The molecule has 2 aliphatic rings. The Hall–Kier alpha value is -3.94. The first kappa shape index (κ1) is 32.0. The van der Waals surface area contributed by atoms with E-state index in [4.69, 9.17) is 10.5 Å². The highest BCUT2D eigenvalue weighted by molar-refractivity contribution is 7.23. The molecule has 6 rings (SSSR count). The van der Waals surface area contributed by atoms with Crippen LogP contribution in [0.15, 0.2) is 18.2 Å². The first-order valence-corrected chi connectivity index (χ1v) is 15.1. The monoisotopic (exact) mass is 668 g/mol. The number of anilines is 2. The Balaban J connectivity index is 1.59. The van der Waals surface area contributed by atoms with Crippen LogP contribution in [0, 0.1) is 23.0 Å². The topological polar surface area (TPSA) is 112 Å². The molecule has 0 saturated carbocycles. The number of nitriles is 1. The highest BCUT2D eigenvalue weighted by Gasteiger charge is 2.49. The molecule has 2 aromatic carbocycles. The molecule has 3 atom stereocenters. The van der Waals surface area contributed by atoms with Gasteiger partial charge in [0.05, 0.1) is 34.5 Å². The number of halogens is 7. The van der Waals surface area contributed by atoms with E-state index >= 15 is 4.39 Å². The van der Waals surface area contributed by atoms with Crippen LogP contribution >= 0.6 is 11.3 Å². The van der Waals surface area contributed by atoms with Crippen molar-refractivity contribution in [2.45, 2.75) is 43.3 Å². The van der Waals surface area contributed by atoms with Gasteiger partial charge in [-0.25, -0.2) is 17.6 Å². The molecule has 0 bridgehead atoms. The Labute approximate surface area is 261 Å². The molecule has 4 heterocycles. The maximum absolute atomic E-state index is 16.7. The zero-order valence-corrected chi connectivity index (χ0v) is 25.1. The van der Waals surface area contributed by atoms with Crippen LogP contribution < -0.4 is 15.4 Å². The minimum atomic E-state index is -5.17. The lowest BCUT2D eigenvalue weighted by Crippen LogP contribution is -2.43. The third-order valence-electron chi connectivity index (χ3n) is 8.66. The number of benzene rings is 2. The number of rotatable bonds is 8. The molecule has 3 N–H and O–H groups in total. The first-order valence-electron chi connectivity index (χ1n) is 14.3. The number of alkyl halides is 5. The summed E-state index contributed by atoms with van der Waals surface area (Å²) in [5.41, 5.74) is 1.36. The average molecular weight is 669 g/mol. The van der Waals surface area contributed by atoms with Gasteiger partial charge in [0, 0.05) is 36.3 Å². The van der Waals surface area contributed by atoms with E-state index in [1.807, 2.05) is 4.90 Å². The third-order valence-corrected chi connectivity index (χ3v) is 9.68. The van der Waals surface area contributed by atoms with E-state index < -0.39 is 82.4 Å². The van der Waals surface area contributed by atoms with Crippen molar-refractivity contribution in [3.8, 4) is 23.2 Å². The summed E-state index contributed by atoms with van der Waals surface area (Å²) in [5.74, 6) is -2.65. The number of hydrogen-bond donors (Lipinski definition) is 2. The molecular weight excluding hydrogens is 641 g/mol. The van der Waals surface area contributed by atoms with Crippen molar-refractivity contribution in [3.63, 3.8) is 0 Å². The molecule has 2 fully saturated rings. The number of nitrogens with zero attached hydrogens (tertiary/aromatic N) is 5. The summed E-state index contributed by atoms with van der Waals surface area (Å²) in [5, 5.41) is 18.1. The van der Waals surface area contributed by atoms with Crippen LogP contribution in [0.1, 0.15) is 30.4 Å². The van der Waals surface area contributed by atoms with E-state index in [9.17, 15) is 36.7 Å². The number of fused-ring (bicyclic) bond motifs is 3. The maximum Gasteiger partial charge on any atom is 0.417 e. The summed E-state index contributed by atoms with van der Waals surface area (Å²) < 4.78 is 110. The van der Waals surface area contributed by atoms with Crippen LogP contribution in [0.5, 0.6) is 6.01 Å². The summed E-state index contributed by atoms with van der Waals surface area (Å²) in [7, 11) is 1.30. The molecule has 3 unspecified atom stereocenters. The van der Waals surface area contributed by atoms with E-state index in [-0.39, 0.29) is 46.0 Å². The normalized spacial score (nSPS) is 20.7. The van der Waals surface area contributed by atoms with Gasteiger partial charge in [-0.1, -0.05) is 6.07 Å². The minimum Gasteiger partial charge on any atom is -0.461 e. The second kappa shape index (κ2) is 11.7. The van der Waals surface area contributed by atoms with Gasteiger partial charge < -0.3 is 20.5 Å². The summed E-state index contributed by atoms with van der Waals surface area (Å²) in [6, 6.07) is 3.73. The second-order valence-electron chi connectivity index (χ2n) is 11.6. The SMILES string of the molecule is CN(CC(F)CO)c1nc(OCC23CCCN2CC(F)C3)nc2c(F)c(-c3ccc(F)c4sc(N)c(C#N)c34)c(C(F)(F)F)cc12. The lowest BCUT2D eigenvalue weighted by Gasteiger charge is -2.31. The van der Waals surface area contributed by atoms with Crippen molar-refractivity contribution in [2.24, 2.45) is 0 Å². The zero-order valence-electron chi connectivity index (χ0n) is 24.3. The average Bonchev–Trinajstić information content (AvgIpc) is 3.65. The van der Waals surface area contributed by atoms with Gasteiger partial charge in [-0.15, -0.1) is 11.3 Å².